The van der Waals surface area contributed by atoms with Crippen LogP contribution in [0, 0.1) is 11.6 Å². The SMILES string of the molecule is Fc1ccc(Nc2nc(Cl)cs2)cc1F. The van der Waals surface area contributed by atoms with E-state index in [1.165, 1.54) is 17.4 Å². The van der Waals surface area contributed by atoms with E-state index in [1.54, 1.807) is 5.38 Å². The summed E-state index contributed by atoms with van der Waals surface area (Å²) < 4.78 is 25.4. The molecule has 6 heteroatoms. The summed E-state index contributed by atoms with van der Waals surface area (Å²) in [6.07, 6.45) is 0. The predicted octanol–water partition coefficient (Wildman–Crippen LogP) is 3.82. The Balaban J connectivity index is 2.21. The van der Waals surface area contributed by atoms with E-state index in [1.807, 2.05) is 0 Å². The maximum absolute atomic E-state index is 12.8. The fraction of sp³-hybridized carbons (Fsp3) is 0. The van der Waals surface area contributed by atoms with Crippen molar-refractivity contribution in [3.8, 4) is 0 Å². The number of thiazole rings is 1. The lowest BCUT2D eigenvalue weighted by Gasteiger charge is -2.02. The van der Waals surface area contributed by atoms with Gasteiger partial charge >= 0.3 is 0 Å². The highest BCUT2D eigenvalue weighted by Crippen LogP contribution is 2.23. The quantitative estimate of drug-likeness (QED) is 0.871. The van der Waals surface area contributed by atoms with Crippen LogP contribution in [-0.2, 0) is 0 Å². The third-order valence-corrected chi connectivity index (χ3v) is 2.73. The Labute approximate surface area is 93.5 Å². The van der Waals surface area contributed by atoms with Gasteiger partial charge in [0.2, 0.25) is 0 Å². The molecule has 0 atom stereocenters. The number of anilines is 2. The first-order valence-corrected chi connectivity index (χ1v) is 5.24. The molecule has 1 heterocycles. The maximum Gasteiger partial charge on any atom is 0.188 e. The average molecular weight is 247 g/mol. The van der Waals surface area contributed by atoms with Gasteiger partial charge in [-0.1, -0.05) is 11.6 Å². The molecule has 0 fully saturated rings. The Morgan fingerprint density at radius 3 is 2.67 bits per heavy atom. The summed E-state index contributed by atoms with van der Waals surface area (Å²) in [4.78, 5) is 3.91. The standard InChI is InChI=1S/C9H5ClF2N2S/c10-8-4-15-9(14-8)13-5-1-2-6(11)7(12)3-5/h1-4H,(H,13,14). The minimum atomic E-state index is -0.900. The van der Waals surface area contributed by atoms with E-state index in [0.717, 1.165) is 12.1 Å². The zero-order valence-corrected chi connectivity index (χ0v) is 8.87. The summed E-state index contributed by atoms with van der Waals surface area (Å²) >= 11 is 6.89. The Morgan fingerprint density at radius 2 is 2.07 bits per heavy atom. The molecule has 1 aromatic heterocycles. The average Bonchev–Trinajstić information content (AvgIpc) is 2.58. The molecule has 15 heavy (non-hydrogen) atoms. The molecule has 1 aromatic carbocycles. The van der Waals surface area contributed by atoms with Crippen LogP contribution in [0.4, 0.5) is 19.6 Å². The van der Waals surface area contributed by atoms with Gasteiger partial charge in [0.05, 0.1) is 0 Å². The van der Waals surface area contributed by atoms with Crippen LogP contribution in [0.1, 0.15) is 0 Å². The fourth-order valence-corrected chi connectivity index (χ4v) is 1.87. The van der Waals surface area contributed by atoms with Crippen molar-refractivity contribution in [3.05, 3.63) is 40.4 Å². The molecule has 2 rings (SSSR count). The maximum atomic E-state index is 12.8. The molecule has 0 aliphatic rings. The van der Waals surface area contributed by atoms with Crippen LogP contribution in [0.2, 0.25) is 5.15 Å². The lowest BCUT2D eigenvalue weighted by molar-refractivity contribution is 0.509. The van der Waals surface area contributed by atoms with E-state index in [9.17, 15) is 8.78 Å². The van der Waals surface area contributed by atoms with Crippen molar-refractivity contribution in [2.24, 2.45) is 0 Å². The third-order valence-electron chi connectivity index (χ3n) is 1.65. The molecule has 78 valence electrons. The molecule has 0 bridgehead atoms. The minimum Gasteiger partial charge on any atom is -0.331 e. The van der Waals surface area contributed by atoms with Gasteiger partial charge in [-0.05, 0) is 12.1 Å². The molecule has 2 aromatic rings. The lowest BCUT2D eigenvalue weighted by Crippen LogP contribution is -1.91. The summed E-state index contributed by atoms with van der Waals surface area (Å²) in [7, 11) is 0. The second-order valence-electron chi connectivity index (χ2n) is 2.73. The van der Waals surface area contributed by atoms with Crippen molar-refractivity contribution in [1.82, 2.24) is 4.98 Å². The highest BCUT2D eigenvalue weighted by molar-refractivity contribution is 7.14. The smallest absolute Gasteiger partial charge is 0.188 e. The van der Waals surface area contributed by atoms with E-state index in [4.69, 9.17) is 11.6 Å². The van der Waals surface area contributed by atoms with E-state index in [-0.39, 0.29) is 0 Å². The molecule has 0 amide bonds. The van der Waals surface area contributed by atoms with E-state index >= 15 is 0 Å². The van der Waals surface area contributed by atoms with Crippen molar-refractivity contribution in [1.29, 1.82) is 0 Å². The van der Waals surface area contributed by atoms with Gasteiger partial charge < -0.3 is 5.32 Å². The Hall–Kier alpha value is -1.20. The van der Waals surface area contributed by atoms with Crippen LogP contribution in [0.3, 0.4) is 0 Å². The second kappa shape index (κ2) is 4.12. The van der Waals surface area contributed by atoms with Gasteiger partial charge in [-0.15, -0.1) is 11.3 Å². The molecular formula is C9H5ClF2N2S. The largest absolute Gasteiger partial charge is 0.331 e. The summed E-state index contributed by atoms with van der Waals surface area (Å²) in [5, 5.41) is 5.35. The van der Waals surface area contributed by atoms with Crippen LogP contribution in [0.5, 0.6) is 0 Å². The molecule has 0 aliphatic carbocycles. The fourth-order valence-electron chi connectivity index (χ4n) is 1.01. The van der Waals surface area contributed by atoms with Gasteiger partial charge in [-0.2, -0.15) is 0 Å². The van der Waals surface area contributed by atoms with Crippen molar-refractivity contribution < 1.29 is 8.78 Å². The molecule has 0 saturated carbocycles. The summed E-state index contributed by atoms with van der Waals surface area (Å²) in [6, 6.07) is 3.53. The summed E-state index contributed by atoms with van der Waals surface area (Å²) in [5.74, 6) is -1.78. The van der Waals surface area contributed by atoms with Crippen LogP contribution in [0.15, 0.2) is 23.6 Å². The van der Waals surface area contributed by atoms with Crippen LogP contribution >= 0.6 is 22.9 Å². The van der Waals surface area contributed by atoms with Crippen LogP contribution in [-0.4, -0.2) is 4.98 Å². The predicted molar refractivity (Wildman–Crippen MR) is 56.8 cm³/mol. The Morgan fingerprint density at radius 1 is 1.27 bits per heavy atom. The molecule has 0 radical (unpaired) electrons. The number of nitrogens with zero attached hydrogens (tertiary/aromatic N) is 1. The number of rotatable bonds is 2. The topological polar surface area (TPSA) is 24.9 Å². The first kappa shape index (κ1) is 10.3. The van der Waals surface area contributed by atoms with E-state index in [2.05, 4.69) is 10.3 Å². The molecular weight excluding hydrogens is 242 g/mol. The molecule has 0 aliphatic heterocycles. The van der Waals surface area contributed by atoms with Gasteiger partial charge in [0, 0.05) is 17.1 Å². The van der Waals surface area contributed by atoms with E-state index < -0.39 is 11.6 Å². The lowest BCUT2D eigenvalue weighted by atomic mass is 10.3. The zero-order valence-electron chi connectivity index (χ0n) is 7.30. The molecule has 0 spiro atoms. The monoisotopic (exact) mass is 246 g/mol. The Bertz CT molecular complexity index is 487. The Kier molecular flexibility index (Phi) is 2.83. The highest BCUT2D eigenvalue weighted by Gasteiger charge is 2.04. The second-order valence-corrected chi connectivity index (χ2v) is 3.97. The van der Waals surface area contributed by atoms with Crippen molar-refractivity contribution in [2.75, 3.05) is 5.32 Å². The summed E-state index contributed by atoms with van der Waals surface area (Å²) in [5.41, 5.74) is 0.430. The first-order valence-electron chi connectivity index (χ1n) is 3.98. The number of aromatic nitrogens is 1. The first-order chi connectivity index (χ1) is 7.15. The normalized spacial score (nSPS) is 10.3. The molecule has 1 N–H and O–H groups in total. The van der Waals surface area contributed by atoms with Gasteiger partial charge in [-0.25, -0.2) is 13.8 Å². The number of hydrogen-bond donors (Lipinski definition) is 1. The number of hydrogen-bond acceptors (Lipinski definition) is 3. The summed E-state index contributed by atoms with van der Waals surface area (Å²) in [6.45, 7) is 0. The minimum absolute atomic E-state index is 0.366. The molecule has 0 saturated heterocycles. The third kappa shape index (κ3) is 2.43. The van der Waals surface area contributed by atoms with Gasteiger partial charge in [0.25, 0.3) is 0 Å². The van der Waals surface area contributed by atoms with Gasteiger partial charge in [-0.3, -0.25) is 0 Å². The number of nitrogens with one attached hydrogen (secondary N) is 1. The van der Waals surface area contributed by atoms with E-state index in [0.29, 0.717) is 16.0 Å². The van der Waals surface area contributed by atoms with Crippen molar-refractivity contribution >= 4 is 33.8 Å². The van der Waals surface area contributed by atoms with Crippen LogP contribution < -0.4 is 5.32 Å². The number of halogens is 3. The van der Waals surface area contributed by atoms with Gasteiger partial charge in [0.15, 0.2) is 16.8 Å². The van der Waals surface area contributed by atoms with Crippen molar-refractivity contribution in [3.63, 3.8) is 0 Å². The molecule has 0 unspecified atom stereocenters. The zero-order chi connectivity index (χ0) is 10.8. The number of benzene rings is 1. The van der Waals surface area contributed by atoms with Crippen LogP contribution in [0.25, 0.3) is 0 Å². The van der Waals surface area contributed by atoms with Gasteiger partial charge in [0.1, 0.15) is 5.15 Å². The molecule has 2 nitrogen and oxygen atoms in total. The highest BCUT2D eigenvalue weighted by atomic mass is 35.5. The van der Waals surface area contributed by atoms with Crippen molar-refractivity contribution in [2.45, 2.75) is 0 Å².